The van der Waals surface area contributed by atoms with Crippen LogP contribution in [0.5, 0.6) is 0 Å². The molecular weight excluding hydrogens is 308 g/mol. The van der Waals surface area contributed by atoms with Gasteiger partial charge >= 0.3 is 0 Å². The largest absolute Gasteiger partial charge is 0.355 e. The fraction of sp³-hybridized carbons (Fsp3) is 0.429. The molecule has 0 spiro atoms. The molecule has 0 unspecified atom stereocenters. The molecule has 0 aliphatic carbocycles. The molecular formula is C14H19BrN2O2. The second-order valence-corrected chi connectivity index (χ2v) is 5.28. The van der Waals surface area contributed by atoms with Crippen LogP contribution in [0.4, 0.5) is 0 Å². The normalized spacial score (nSPS) is 10.1. The summed E-state index contributed by atoms with van der Waals surface area (Å²) >= 11 is 3.40. The molecule has 2 amide bonds. The lowest BCUT2D eigenvalue weighted by molar-refractivity contribution is -0.121. The van der Waals surface area contributed by atoms with Crippen molar-refractivity contribution >= 4 is 27.7 Å². The van der Waals surface area contributed by atoms with Crippen molar-refractivity contribution < 1.29 is 9.59 Å². The molecule has 0 aliphatic rings. The van der Waals surface area contributed by atoms with Gasteiger partial charge in [0, 0.05) is 23.6 Å². The summed E-state index contributed by atoms with van der Waals surface area (Å²) in [6.45, 7) is 4.57. The smallest absolute Gasteiger partial charge is 0.254 e. The maximum absolute atomic E-state index is 12.3. The molecule has 0 saturated carbocycles. The van der Waals surface area contributed by atoms with E-state index in [1.54, 1.807) is 13.1 Å². The number of hydrogen-bond acceptors (Lipinski definition) is 2. The molecule has 0 fully saturated rings. The zero-order valence-corrected chi connectivity index (χ0v) is 13.1. The highest BCUT2D eigenvalue weighted by atomic mass is 79.9. The average molecular weight is 327 g/mol. The molecule has 1 aromatic rings. The second-order valence-electron chi connectivity index (χ2n) is 4.42. The van der Waals surface area contributed by atoms with Gasteiger partial charge in [0.1, 0.15) is 0 Å². The monoisotopic (exact) mass is 326 g/mol. The fourth-order valence-corrected chi connectivity index (χ4v) is 2.02. The molecule has 1 aromatic carbocycles. The van der Waals surface area contributed by atoms with E-state index in [0.29, 0.717) is 12.1 Å². The standard InChI is InChI=1S/C14H19BrN2O2/c1-4-8-16-13(18)9-17(3)14(19)11-6-5-7-12(15)10(11)2/h5-7H,4,8-9H2,1-3H3,(H,16,18). The number of nitrogens with one attached hydrogen (secondary N) is 1. The maximum Gasteiger partial charge on any atom is 0.254 e. The minimum absolute atomic E-state index is 0.0742. The van der Waals surface area contributed by atoms with Gasteiger partial charge in [-0.3, -0.25) is 9.59 Å². The molecule has 0 aromatic heterocycles. The van der Waals surface area contributed by atoms with E-state index in [9.17, 15) is 9.59 Å². The number of benzene rings is 1. The van der Waals surface area contributed by atoms with Crippen molar-refractivity contribution in [3.8, 4) is 0 Å². The van der Waals surface area contributed by atoms with Crippen LogP contribution in [0, 0.1) is 6.92 Å². The highest BCUT2D eigenvalue weighted by molar-refractivity contribution is 9.10. The van der Waals surface area contributed by atoms with Crippen molar-refractivity contribution in [3.05, 3.63) is 33.8 Å². The fourth-order valence-electron chi connectivity index (χ4n) is 1.65. The number of hydrogen-bond donors (Lipinski definition) is 1. The van der Waals surface area contributed by atoms with E-state index in [2.05, 4.69) is 21.2 Å². The van der Waals surface area contributed by atoms with Gasteiger partial charge < -0.3 is 10.2 Å². The van der Waals surface area contributed by atoms with Gasteiger partial charge in [-0.15, -0.1) is 0 Å². The molecule has 104 valence electrons. The quantitative estimate of drug-likeness (QED) is 0.903. The minimum atomic E-state index is -0.148. The van der Waals surface area contributed by atoms with Crippen LogP contribution in [0.3, 0.4) is 0 Å². The van der Waals surface area contributed by atoms with Gasteiger partial charge in [0.2, 0.25) is 5.91 Å². The highest BCUT2D eigenvalue weighted by Gasteiger charge is 2.17. The summed E-state index contributed by atoms with van der Waals surface area (Å²) in [6, 6.07) is 5.47. The van der Waals surface area contributed by atoms with E-state index in [-0.39, 0.29) is 18.4 Å². The van der Waals surface area contributed by atoms with E-state index in [1.807, 2.05) is 26.0 Å². The van der Waals surface area contributed by atoms with Crippen LogP contribution in [0.2, 0.25) is 0 Å². The Morgan fingerprint density at radius 2 is 2.05 bits per heavy atom. The van der Waals surface area contributed by atoms with Gasteiger partial charge in [0.15, 0.2) is 0 Å². The summed E-state index contributed by atoms with van der Waals surface area (Å²) in [5.41, 5.74) is 1.49. The molecule has 0 saturated heterocycles. The van der Waals surface area contributed by atoms with Crippen molar-refractivity contribution in [1.82, 2.24) is 10.2 Å². The summed E-state index contributed by atoms with van der Waals surface area (Å²) in [7, 11) is 1.63. The summed E-state index contributed by atoms with van der Waals surface area (Å²) in [5, 5.41) is 2.75. The van der Waals surface area contributed by atoms with Gasteiger partial charge in [0.25, 0.3) is 5.91 Å². The molecule has 0 atom stereocenters. The predicted octanol–water partition coefficient (Wildman–Crippen LogP) is 2.36. The lowest BCUT2D eigenvalue weighted by Crippen LogP contribution is -2.38. The molecule has 19 heavy (non-hydrogen) atoms. The van der Waals surface area contributed by atoms with E-state index in [4.69, 9.17) is 0 Å². The Kier molecular flexibility index (Phi) is 6.02. The Bertz CT molecular complexity index is 475. The highest BCUT2D eigenvalue weighted by Crippen LogP contribution is 2.20. The minimum Gasteiger partial charge on any atom is -0.355 e. The average Bonchev–Trinajstić information content (AvgIpc) is 2.38. The van der Waals surface area contributed by atoms with Crippen molar-refractivity contribution in [2.75, 3.05) is 20.1 Å². The SMILES string of the molecule is CCCNC(=O)CN(C)C(=O)c1cccc(Br)c1C. The lowest BCUT2D eigenvalue weighted by Gasteiger charge is -2.18. The third-order valence-corrected chi connectivity index (χ3v) is 3.66. The van der Waals surface area contributed by atoms with Crippen LogP contribution < -0.4 is 5.32 Å². The van der Waals surface area contributed by atoms with Crippen LogP contribution in [0.25, 0.3) is 0 Å². The van der Waals surface area contributed by atoms with Crippen molar-refractivity contribution in [3.63, 3.8) is 0 Å². The van der Waals surface area contributed by atoms with Gasteiger partial charge in [-0.2, -0.15) is 0 Å². The molecule has 0 radical (unpaired) electrons. The Morgan fingerprint density at radius 1 is 1.37 bits per heavy atom. The number of amides is 2. The van der Waals surface area contributed by atoms with Gasteiger partial charge in [-0.25, -0.2) is 0 Å². The van der Waals surface area contributed by atoms with E-state index >= 15 is 0 Å². The first-order valence-electron chi connectivity index (χ1n) is 6.24. The Morgan fingerprint density at radius 3 is 2.68 bits per heavy atom. The number of halogens is 1. The molecule has 4 nitrogen and oxygen atoms in total. The van der Waals surface area contributed by atoms with Crippen molar-refractivity contribution in [1.29, 1.82) is 0 Å². The van der Waals surface area contributed by atoms with Crippen LogP contribution in [-0.4, -0.2) is 36.9 Å². The number of nitrogens with zero attached hydrogens (tertiary/aromatic N) is 1. The second kappa shape index (κ2) is 7.28. The third-order valence-electron chi connectivity index (χ3n) is 2.80. The Hall–Kier alpha value is -1.36. The number of rotatable bonds is 5. The number of carbonyl (C=O) groups is 2. The van der Waals surface area contributed by atoms with Crippen LogP contribution >= 0.6 is 15.9 Å². The van der Waals surface area contributed by atoms with Crippen LogP contribution in [-0.2, 0) is 4.79 Å². The predicted molar refractivity (Wildman–Crippen MR) is 79.1 cm³/mol. The Balaban J connectivity index is 2.72. The zero-order valence-electron chi connectivity index (χ0n) is 11.5. The number of carbonyl (C=O) groups excluding carboxylic acids is 2. The first-order chi connectivity index (χ1) is 8.97. The van der Waals surface area contributed by atoms with Gasteiger partial charge in [0.05, 0.1) is 6.54 Å². The van der Waals surface area contributed by atoms with Crippen molar-refractivity contribution in [2.45, 2.75) is 20.3 Å². The molecule has 0 aliphatic heterocycles. The van der Waals surface area contributed by atoms with Gasteiger partial charge in [-0.05, 0) is 31.0 Å². The summed E-state index contributed by atoms with van der Waals surface area (Å²) < 4.78 is 0.891. The molecule has 1 N–H and O–H groups in total. The van der Waals surface area contributed by atoms with E-state index < -0.39 is 0 Å². The molecule has 0 bridgehead atoms. The summed E-state index contributed by atoms with van der Waals surface area (Å²) in [5.74, 6) is -0.282. The summed E-state index contributed by atoms with van der Waals surface area (Å²) in [4.78, 5) is 25.3. The van der Waals surface area contributed by atoms with Gasteiger partial charge in [-0.1, -0.05) is 28.9 Å². The Labute approximate surface area is 122 Å². The molecule has 1 rings (SSSR count). The number of likely N-dealkylation sites (N-methyl/N-ethyl adjacent to an activating group) is 1. The van der Waals surface area contributed by atoms with E-state index in [1.165, 1.54) is 4.90 Å². The third kappa shape index (κ3) is 4.35. The zero-order chi connectivity index (χ0) is 14.4. The first-order valence-corrected chi connectivity index (χ1v) is 7.04. The topological polar surface area (TPSA) is 49.4 Å². The lowest BCUT2D eigenvalue weighted by atomic mass is 10.1. The van der Waals surface area contributed by atoms with E-state index in [0.717, 1.165) is 16.5 Å². The van der Waals surface area contributed by atoms with Crippen LogP contribution in [0.15, 0.2) is 22.7 Å². The summed E-state index contributed by atoms with van der Waals surface area (Å²) in [6.07, 6.45) is 0.883. The maximum atomic E-state index is 12.3. The molecule has 5 heteroatoms. The molecule has 0 heterocycles. The first kappa shape index (κ1) is 15.7. The van der Waals surface area contributed by atoms with Crippen molar-refractivity contribution in [2.24, 2.45) is 0 Å². The van der Waals surface area contributed by atoms with Crippen LogP contribution in [0.1, 0.15) is 29.3 Å².